The standard InChI is InChI=1S/C25H18Cl3N3O3/c26-17-6-2-1-5-15(17)9-12-24(33)31-21-8-4-3-7-20(21)30-25(34)22(31)14-23(32)29-16-10-11-18(27)19(28)13-16/h1-13,22H,14H2,(H,29,32)(H,30,34)/b12-9+. The average molecular weight is 515 g/mol. The number of anilines is 3. The Hall–Kier alpha value is -3.32. The molecule has 1 heterocycles. The summed E-state index contributed by atoms with van der Waals surface area (Å²) in [5.74, 6) is -1.40. The zero-order valence-corrected chi connectivity index (χ0v) is 19.9. The van der Waals surface area contributed by atoms with E-state index in [0.717, 1.165) is 0 Å². The van der Waals surface area contributed by atoms with E-state index in [9.17, 15) is 14.4 Å². The molecule has 1 atom stereocenters. The number of amides is 3. The van der Waals surface area contributed by atoms with Crippen molar-refractivity contribution in [2.45, 2.75) is 12.5 Å². The molecule has 3 amide bonds. The Morgan fingerprint density at radius 2 is 1.68 bits per heavy atom. The number of carbonyl (C=O) groups is 3. The normalized spacial score (nSPS) is 15.1. The Bertz CT molecular complexity index is 1310. The van der Waals surface area contributed by atoms with E-state index in [1.54, 1.807) is 66.7 Å². The molecule has 3 aromatic carbocycles. The molecule has 2 N–H and O–H groups in total. The molecule has 34 heavy (non-hydrogen) atoms. The van der Waals surface area contributed by atoms with Crippen LogP contribution in [-0.4, -0.2) is 23.8 Å². The highest BCUT2D eigenvalue weighted by Gasteiger charge is 2.37. The number of nitrogens with one attached hydrogen (secondary N) is 2. The Labute approximate surface area is 211 Å². The average Bonchev–Trinajstić information content (AvgIpc) is 2.81. The minimum atomic E-state index is -1.07. The lowest BCUT2D eigenvalue weighted by molar-refractivity contribution is -0.124. The van der Waals surface area contributed by atoms with Crippen LogP contribution < -0.4 is 15.5 Å². The van der Waals surface area contributed by atoms with Crippen LogP contribution in [0.15, 0.2) is 72.8 Å². The highest BCUT2D eigenvalue weighted by molar-refractivity contribution is 6.42. The fraction of sp³-hybridized carbons (Fsp3) is 0.0800. The summed E-state index contributed by atoms with van der Waals surface area (Å²) in [4.78, 5) is 40.3. The summed E-state index contributed by atoms with van der Waals surface area (Å²) in [6.07, 6.45) is 2.64. The predicted octanol–water partition coefficient (Wildman–Crippen LogP) is 6.04. The smallest absolute Gasteiger partial charge is 0.251 e. The van der Waals surface area contributed by atoms with Crippen molar-refractivity contribution in [3.8, 4) is 0 Å². The molecule has 6 nitrogen and oxygen atoms in total. The molecule has 0 saturated carbocycles. The first-order valence-electron chi connectivity index (χ1n) is 10.2. The molecule has 0 bridgehead atoms. The highest BCUT2D eigenvalue weighted by atomic mass is 35.5. The lowest BCUT2D eigenvalue weighted by Crippen LogP contribution is -2.52. The first kappa shape index (κ1) is 23.8. The van der Waals surface area contributed by atoms with Crippen LogP contribution in [-0.2, 0) is 14.4 Å². The van der Waals surface area contributed by atoms with Crippen molar-refractivity contribution in [2.75, 3.05) is 15.5 Å². The van der Waals surface area contributed by atoms with E-state index < -0.39 is 23.8 Å². The van der Waals surface area contributed by atoms with Crippen molar-refractivity contribution in [3.05, 3.63) is 93.4 Å². The third-order valence-electron chi connectivity index (χ3n) is 5.17. The van der Waals surface area contributed by atoms with Gasteiger partial charge < -0.3 is 10.6 Å². The van der Waals surface area contributed by atoms with Crippen LogP contribution >= 0.6 is 34.8 Å². The van der Waals surface area contributed by atoms with Gasteiger partial charge in [0.2, 0.25) is 11.8 Å². The summed E-state index contributed by atoms with van der Waals surface area (Å²) in [5.41, 5.74) is 2.05. The van der Waals surface area contributed by atoms with E-state index >= 15 is 0 Å². The van der Waals surface area contributed by atoms with Crippen LogP contribution in [0.5, 0.6) is 0 Å². The van der Waals surface area contributed by atoms with Crippen molar-refractivity contribution in [1.82, 2.24) is 0 Å². The Kier molecular flexibility index (Phi) is 7.22. The lowest BCUT2D eigenvalue weighted by atomic mass is 10.0. The monoisotopic (exact) mass is 513 g/mol. The Morgan fingerprint density at radius 1 is 0.941 bits per heavy atom. The third-order valence-corrected chi connectivity index (χ3v) is 6.25. The van der Waals surface area contributed by atoms with Crippen molar-refractivity contribution < 1.29 is 14.4 Å². The van der Waals surface area contributed by atoms with Crippen LogP contribution in [0, 0.1) is 0 Å². The second kappa shape index (κ2) is 10.3. The fourth-order valence-corrected chi connectivity index (χ4v) is 4.06. The molecule has 0 aromatic heterocycles. The van der Waals surface area contributed by atoms with Gasteiger partial charge in [-0.05, 0) is 48.0 Å². The molecule has 1 aliphatic rings. The molecule has 172 valence electrons. The fourth-order valence-electron chi connectivity index (χ4n) is 3.56. The maximum absolute atomic E-state index is 13.3. The van der Waals surface area contributed by atoms with E-state index in [4.69, 9.17) is 34.8 Å². The summed E-state index contributed by atoms with van der Waals surface area (Å²) in [6.45, 7) is 0. The van der Waals surface area contributed by atoms with Crippen LogP contribution in [0.25, 0.3) is 6.08 Å². The SMILES string of the molecule is O=C(CC1C(=O)Nc2ccccc2N1C(=O)/C=C/c1ccccc1Cl)Nc1ccc(Cl)c(Cl)c1. The summed E-state index contributed by atoms with van der Waals surface area (Å²) >= 11 is 18.1. The number of halogens is 3. The first-order chi connectivity index (χ1) is 16.3. The Balaban J connectivity index is 1.61. The van der Waals surface area contributed by atoms with Gasteiger partial charge in [0.25, 0.3) is 5.91 Å². The van der Waals surface area contributed by atoms with Crippen LogP contribution in [0.3, 0.4) is 0 Å². The predicted molar refractivity (Wildman–Crippen MR) is 137 cm³/mol. The molecule has 4 rings (SSSR count). The molecule has 3 aromatic rings. The lowest BCUT2D eigenvalue weighted by Gasteiger charge is -2.35. The highest BCUT2D eigenvalue weighted by Crippen LogP contribution is 2.33. The van der Waals surface area contributed by atoms with E-state index in [1.165, 1.54) is 17.0 Å². The number of rotatable bonds is 5. The molecular formula is C25H18Cl3N3O3. The largest absolute Gasteiger partial charge is 0.326 e. The number of carbonyl (C=O) groups excluding carboxylic acids is 3. The van der Waals surface area contributed by atoms with Gasteiger partial charge in [-0.15, -0.1) is 0 Å². The summed E-state index contributed by atoms with van der Waals surface area (Å²) in [5, 5.41) is 6.58. The molecule has 0 fully saturated rings. The van der Waals surface area contributed by atoms with Crippen molar-refractivity contribution in [3.63, 3.8) is 0 Å². The van der Waals surface area contributed by atoms with E-state index in [0.29, 0.717) is 32.7 Å². The topological polar surface area (TPSA) is 78.5 Å². The zero-order chi connectivity index (χ0) is 24.2. The van der Waals surface area contributed by atoms with Gasteiger partial charge >= 0.3 is 0 Å². The minimum absolute atomic E-state index is 0.272. The maximum atomic E-state index is 13.3. The zero-order valence-electron chi connectivity index (χ0n) is 17.6. The first-order valence-corrected chi connectivity index (χ1v) is 11.4. The minimum Gasteiger partial charge on any atom is -0.326 e. The van der Waals surface area contributed by atoms with E-state index in [1.807, 2.05) is 0 Å². The summed E-state index contributed by atoms with van der Waals surface area (Å²) < 4.78 is 0. The summed E-state index contributed by atoms with van der Waals surface area (Å²) in [7, 11) is 0. The van der Waals surface area contributed by atoms with Crippen LogP contribution in [0.2, 0.25) is 15.1 Å². The quantitative estimate of drug-likeness (QED) is 0.407. The van der Waals surface area contributed by atoms with Crippen molar-refractivity contribution in [1.29, 1.82) is 0 Å². The molecule has 0 saturated heterocycles. The number of fused-ring (bicyclic) bond motifs is 1. The number of benzene rings is 3. The number of nitrogens with zero attached hydrogens (tertiary/aromatic N) is 1. The van der Waals surface area contributed by atoms with Gasteiger partial charge in [0.1, 0.15) is 6.04 Å². The molecule has 9 heteroatoms. The molecule has 0 aliphatic carbocycles. The summed E-state index contributed by atoms with van der Waals surface area (Å²) in [6, 6.07) is 17.6. The Morgan fingerprint density at radius 3 is 2.44 bits per heavy atom. The van der Waals surface area contributed by atoms with Gasteiger partial charge in [-0.1, -0.05) is 65.1 Å². The number of hydrogen-bond acceptors (Lipinski definition) is 3. The molecular weight excluding hydrogens is 497 g/mol. The van der Waals surface area contributed by atoms with Gasteiger partial charge in [-0.3, -0.25) is 19.3 Å². The van der Waals surface area contributed by atoms with Gasteiger partial charge in [0.15, 0.2) is 0 Å². The van der Waals surface area contributed by atoms with Gasteiger partial charge in [-0.2, -0.15) is 0 Å². The number of para-hydroxylation sites is 2. The van der Waals surface area contributed by atoms with Crippen molar-refractivity contribution in [2.24, 2.45) is 0 Å². The maximum Gasteiger partial charge on any atom is 0.251 e. The molecule has 1 aliphatic heterocycles. The van der Waals surface area contributed by atoms with E-state index in [2.05, 4.69) is 10.6 Å². The van der Waals surface area contributed by atoms with Crippen LogP contribution in [0.1, 0.15) is 12.0 Å². The van der Waals surface area contributed by atoms with Crippen LogP contribution in [0.4, 0.5) is 17.1 Å². The van der Waals surface area contributed by atoms with Gasteiger partial charge in [0.05, 0.1) is 27.8 Å². The molecule has 0 spiro atoms. The number of hydrogen-bond donors (Lipinski definition) is 2. The second-order valence-electron chi connectivity index (χ2n) is 7.47. The second-order valence-corrected chi connectivity index (χ2v) is 8.69. The third kappa shape index (κ3) is 5.25. The van der Waals surface area contributed by atoms with Gasteiger partial charge in [-0.25, -0.2) is 0 Å². The van der Waals surface area contributed by atoms with E-state index in [-0.39, 0.29) is 11.4 Å². The molecule has 0 radical (unpaired) electrons. The molecule has 1 unspecified atom stereocenters. The van der Waals surface area contributed by atoms with Gasteiger partial charge in [0, 0.05) is 16.8 Å². The van der Waals surface area contributed by atoms with Crippen molar-refractivity contribution >= 4 is 75.7 Å².